The summed E-state index contributed by atoms with van der Waals surface area (Å²) in [5, 5.41) is 9.53. The van der Waals surface area contributed by atoms with E-state index in [2.05, 4.69) is 23.6 Å². The van der Waals surface area contributed by atoms with Crippen molar-refractivity contribution in [1.82, 2.24) is 4.57 Å². The standard InChI is InChI=1S/C26H31NO5/c1-4-30-25(26(29)31-5-2)18-20-7-13-23(14-8-20)32-17-16-27-19(3)6-15-24(27)21-9-11-22(28)12-10-21/h6-15,25,28H,4-5,16-18H2,1-3H3. The first-order chi connectivity index (χ1) is 15.5. The van der Waals surface area contributed by atoms with E-state index in [0.29, 0.717) is 32.8 Å². The van der Waals surface area contributed by atoms with E-state index in [4.69, 9.17) is 14.2 Å². The zero-order valence-electron chi connectivity index (χ0n) is 18.9. The maximum atomic E-state index is 12.0. The van der Waals surface area contributed by atoms with Crippen LogP contribution in [0.1, 0.15) is 25.1 Å². The van der Waals surface area contributed by atoms with Crippen LogP contribution in [0, 0.1) is 6.92 Å². The molecule has 0 aliphatic carbocycles. The number of carbonyl (C=O) groups is 1. The lowest BCUT2D eigenvalue weighted by Crippen LogP contribution is -2.28. The molecule has 3 aromatic rings. The van der Waals surface area contributed by atoms with Gasteiger partial charge in [0.25, 0.3) is 0 Å². The van der Waals surface area contributed by atoms with Gasteiger partial charge in [0.1, 0.15) is 18.1 Å². The van der Waals surface area contributed by atoms with E-state index in [0.717, 1.165) is 28.3 Å². The number of ether oxygens (including phenoxy) is 3. The Bertz CT molecular complexity index is 992. The van der Waals surface area contributed by atoms with Gasteiger partial charge in [0.05, 0.1) is 13.2 Å². The highest BCUT2D eigenvalue weighted by molar-refractivity contribution is 5.75. The number of esters is 1. The van der Waals surface area contributed by atoms with E-state index in [1.165, 1.54) is 0 Å². The van der Waals surface area contributed by atoms with Gasteiger partial charge in [-0.1, -0.05) is 12.1 Å². The fourth-order valence-electron chi connectivity index (χ4n) is 3.59. The largest absolute Gasteiger partial charge is 0.508 e. The summed E-state index contributed by atoms with van der Waals surface area (Å²) in [5.41, 5.74) is 4.26. The number of rotatable bonds is 11. The molecule has 2 aromatic carbocycles. The van der Waals surface area contributed by atoms with Gasteiger partial charge in [0, 0.05) is 24.4 Å². The van der Waals surface area contributed by atoms with Crippen LogP contribution in [0.5, 0.6) is 11.5 Å². The average molecular weight is 438 g/mol. The second-order valence-electron chi connectivity index (χ2n) is 7.45. The maximum Gasteiger partial charge on any atom is 0.335 e. The van der Waals surface area contributed by atoms with Gasteiger partial charge in [-0.15, -0.1) is 0 Å². The number of aromatic nitrogens is 1. The summed E-state index contributed by atoms with van der Waals surface area (Å²) < 4.78 is 18.8. The van der Waals surface area contributed by atoms with E-state index >= 15 is 0 Å². The number of carbonyl (C=O) groups excluding carboxylic acids is 1. The Morgan fingerprint density at radius 1 is 0.969 bits per heavy atom. The number of nitrogens with zero attached hydrogens (tertiary/aromatic N) is 1. The van der Waals surface area contributed by atoms with E-state index < -0.39 is 6.10 Å². The Kier molecular flexibility index (Phi) is 8.34. The van der Waals surface area contributed by atoms with Gasteiger partial charge in [-0.3, -0.25) is 0 Å². The molecule has 0 saturated heterocycles. The third-order valence-electron chi connectivity index (χ3n) is 5.21. The molecule has 170 valence electrons. The highest BCUT2D eigenvalue weighted by atomic mass is 16.6. The van der Waals surface area contributed by atoms with Crippen LogP contribution >= 0.6 is 0 Å². The molecular formula is C26H31NO5. The van der Waals surface area contributed by atoms with Crippen LogP contribution < -0.4 is 4.74 Å². The molecular weight excluding hydrogens is 406 g/mol. The van der Waals surface area contributed by atoms with Crippen LogP contribution in [-0.2, 0) is 27.2 Å². The topological polar surface area (TPSA) is 69.9 Å². The molecule has 1 heterocycles. The van der Waals surface area contributed by atoms with Crippen molar-refractivity contribution in [3.8, 4) is 22.8 Å². The van der Waals surface area contributed by atoms with Crippen molar-refractivity contribution in [3.63, 3.8) is 0 Å². The number of phenolic OH excluding ortho intramolecular Hbond substituents is 1. The Balaban J connectivity index is 1.58. The summed E-state index contributed by atoms with van der Waals surface area (Å²) in [5.74, 6) is 0.695. The minimum absolute atomic E-state index is 0.255. The minimum atomic E-state index is -0.596. The molecule has 0 fully saturated rings. The van der Waals surface area contributed by atoms with Crippen LogP contribution in [0.15, 0.2) is 60.7 Å². The summed E-state index contributed by atoms with van der Waals surface area (Å²) in [6.07, 6.45) is -0.132. The Morgan fingerprint density at radius 3 is 2.34 bits per heavy atom. The van der Waals surface area contributed by atoms with Gasteiger partial charge < -0.3 is 23.9 Å². The molecule has 32 heavy (non-hydrogen) atoms. The van der Waals surface area contributed by atoms with Crippen LogP contribution in [0.25, 0.3) is 11.3 Å². The molecule has 3 rings (SSSR count). The van der Waals surface area contributed by atoms with Crippen LogP contribution in [0.4, 0.5) is 0 Å². The van der Waals surface area contributed by atoms with Crippen LogP contribution in [-0.4, -0.2) is 41.6 Å². The summed E-state index contributed by atoms with van der Waals surface area (Å²) in [6, 6.07) is 19.1. The van der Waals surface area contributed by atoms with Crippen LogP contribution in [0.2, 0.25) is 0 Å². The molecule has 0 radical (unpaired) electrons. The molecule has 0 bridgehead atoms. The number of aryl methyl sites for hydroxylation is 1. The summed E-state index contributed by atoms with van der Waals surface area (Å²) >= 11 is 0. The second-order valence-corrected chi connectivity index (χ2v) is 7.45. The quantitative estimate of drug-likeness (QED) is 0.438. The highest BCUT2D eigenvalue weighted by Gasteiger charge is 2.20. The zero-order chi connectivity index (χ0) is 22.9. The lowest BCUT2D eigenvalue weighted by atomic mass is 10.1. The lowest BCUT2D eigenvalue weighted by molar-refractivity contribution is -0.156. The van der Waals surface area contributed by atoms with Crippen molar-refractivity contribution in [1.29, 1.82) is 0 Å². The maximum absolute atomic E-state index is 12.0. The van der Waals surface area contributed by atoms with E-state index in [-0.39, 0.29) is 11.7 Å². The molecule has 6 nitrogen and oxygen atoms in total. The van der Waals surface area contributed by atoms with E-state index in [9.17, 15) is 9.90 Å². The third kappa shape index (κ3) is 6.14. The smallest absolute Gasteiger partial charge is 0.335 e. The second kappa shape index (κ2) is 11.4. The molecule has 1 atom stereocenters. The van der Waals surface area contributed by atoms with Crippen molar-refractivity contribution in [3.05, 3.63) is 71.9 Å². The van der Waals surface area contributed by atoms with Crippen molar-refractivity contribution in [2.75, 3.05) is 19.8 Å². The van der Waals surface area contributed by atoms with Crippen molar-refractivity contribution in [2.24, 2.45) is 0 Å². The molecule has 0 saturated carbocycles. The Hall–Kier alpha value is -3.25. The number of phenols is 1. The SMILES string of the molecule is CCOC(=O)C(Cc1ccc(OCCn2c(C)ccc2-c2ccc(O)cc2)cc1)OCC. The third-order valence-corrected chi connectivity index (χ3v) is 5.21. The molecule has 0 amide bonds. The first kappa shape index (κ1) is 23.4. The van der Waals surface area contributed by atoms with Crippen LogP contribution in [0.3, 0.4) is 0 Å². The summed E-state index contributed by atoms with van der Waals surface area (Å²) in [6.45, 7) is 7.73. The van der Waals surface area contributed by atoms with Gasteiger partial charge in [0.2, 0.25) is 0 Å². The normalized spacial score (nSPS) is 11.8. The molecule has 1 unspecified atom stereocenters. The van der Waals surface area contributed by atoms with Gasteiger partial charge in [-0.2, -0.15) is 0 Å². The first-order valence-electron chi connectivity index (χ1n) is 11.0. The molecule has 6 heteroatoms. The van der Waals surface area contributed by atoms with Crippen molar-refractivity contribution in [2.45, 2.75) is 39.8 Å². The number of aromatic hydroxyl groups is 1. The van der Waals surface area contributed by atoms with E-state index in [1.54, 1.807) is 19.1 Å². The molecule has 1 aromatic heterocycles. The van der Waals surface area contributed by atoms with Gasteiger partial charge in [-0.25, -0.2) is 4.79 Å². The minimum Gasteiger partial charge on any atom is -0.508 e. The fourth-order valence-corrected chi connectivity index (χ4v) is 3.59. The number of hydrogen-bond acceptors (Lipinski definition) is 5. The van der Waals surface area contributed by atoms with E-state index in [1.807, 2.05) is 43.3 Å². The lowest BCUT2D eigenvalue weighted by Gasteiger charge is -2.16. The van der Waals surface area contributed by atoms with Gasteiger partial charge in [-0.05, 0) is 80.4 Å². The number of hydrogen-bond donors (Lipinski definition) is 1. The predicted octanol–water partition coefficient (Wildman–Crippen LogP) is 4.76. The highest BCUT2D eigenvalue weighted by Crippen LogP contribution is 2.24. The average Bonchev–Trinajstić information content (AvgIpc) is 3.15. The number of benzene rings is 2. The summed E-state index contributed by atoms with van der Waals surface area (Å²) in [4.78, 5) is 12.0. The molecule has 0 aliphatic heterocycles. The zero-order valence-corrected chi connectivity index (χ0v) is 18.9. The Labute approximate surface area is 189 Å². The molecule has 1 N–H and O–H groups in total. The Morgan fingerprint density at radius 2 is 1.69 bits per heavy atom. The molecule has 0 spiro atoms. The molecule has 0 aliphatic rings. The van der Waals surface area contributed by atoms with Crippen molar-refractivity contribution >= 4 is 5.97 Å². The van der Waals surface area contributed by atoms with Gasteiger partial charge >= 0.3 is 5.97 Å². The summed E-state index contributed by atoms with van der Waals surface area (Å²) in [7, 11) is 0. The predicted molar refractivity (Wildman–Crippen MR) is 124 cm³/mol. The van der Waals surface area contributed by atoms with Gasteiger partial charge in [0.15, 0.2) is 6.10 Å². The fraction of sp³-hybridized carbons (Fsp3) is 0.346. The monoisotopic (exact) mass is 437 g/mol. The first-order valence-corrected chi connectivity index (χ1v) is 11.0. The van der Waals surface area contributed by atoms with Crippen molar-refractivity contribution < 1.29 is 24.1 Å².